The summed E-state index contributed by atoms with van der Waals surface area (Å²) in [6, 6.07) is 19.3. The summed E-state index contributed by atoms with van der Waals surface area (Å²) >= 11 is 3.38. The largest absolute Gasteiger partial charge is 0.504 e. The van der Waals surface area contributed by atoms with Crippen LogP contribution < -0.4 is 4.74 Å². The van der Waals surface area contributed by atoms with Gasteiger partial charge in [-0.2, -0.15) is 9.78 Å². The number of halogens is 4. The monoisotopic (exact) mass is 517 g/mol. The Kier molecular flexibility index (Phi) is 6.19. The molecule has 0 aliphatic heterocycles. The molecule has 2 aromatic heterocycles. The second kappa shape index (κ2) is 9.07. The number of carbonyl (C=O) groups is 1. The third kappa shape index (κ3) is 5.06. The van der Waals surface area contributed by atoms with E-state index in [-0.39, 0.29) is 16.1 Å². The van der Waals surface area contributed by atoms with E-state index in [2.05, 4.69) is 26.0 Å². The standard InChI is InChI=1S/C23H15BrF3N3O3/c24-15-10-8-14(9-11-15)13-33-20-7-2-1-4-16(20)18-5-3-6-19(28-18)21-17(22(31)32)12-30(29-21)23(25,26)27/h1-12H,13H2,(H,31,32). The molecule has 10 heteroatoms. The van der Waals surface area contributed by atoms with Crippen LogP contribution in [-0.2, 0) is 12.9 Å². The Morgan fingerprint density at radius 1 is 1.00 bits per heavy atom. The number of carboxylic acids is 1. The molecule has 0 atom stereocenters. The summed E-state index contributed by atoms with van der Waals surface area (Å²) in [5, 5.41) is 12.8. The molecule has 2 aromatic carbocycles. The fraction of sp³-hybridized carbons (Fsp3) is 0.0870. The van der Waals surface area contributed by atoms with Gasteiger partial charge in [-0.3, -0.25) is 0 Å². The molecule has 0 saturated carbocycles. The van der Waals surface area contributed by atoms with Crippen molar-refractivity contribution in [2.75, 3.05) is 0 Å². The van der Waals surface area contributed by atoms with Gasteiger partial charge in [-0.25, -0.2) is 9.78 Å². The zero-order chi connectivity index (χ0) is 23.6. The Hall–Kier alpha value is -3.66. The molecule has 0 fully saturated rings. The van der Waals surface area contributed by atoms with Crippen molar-refractivity contribution in [3.63, 3.8) is 0 Å². The number of hydrogen-bond donors (Lipinski definition) is 1. The second-order valence-corrected chi connectivity index (χ2v) is 7.84. The summed E-state index contributed by atoms with van der Waals surface area (Å²) in [7, 11) is 0. The minimum Gasteiger partial charge on any atom is -0.488 e. The van der Waals surface area contributed by atoms with Crippen LogP contribution in [0.2, 0.25) is 0 Å². The molecule has 4 rings (SSSR count). The average Bonchev–Trinajstić information content (AvgIpc) is 3.26. The molecule has 6 nitrogen and oxygen atoms in total. The van der Waals surface area contributed by atoms with Gasteiger partial charge in [0.15, 0.2) is 0 Å². The molecule has 0 amide bonds. The third-order valence-corrected chi connectivity index (χ3v) is 5.20. The molecule has 0 aliphatic carbocycles. The van der Waals surface area contributed by atoms with E-state index in [0.29, 0.717) is 29.8 Å². The predicted octanol–water partition coefficient (Wildman–Crippen LogP) is 6.13. The van der Waals surface area contributed by atoms with Crippen LogP contribution in [0.25, 0.3) is 22.6 Å². The van der Waals surface area contributed by atoms with Crippen molar-refractivity contribution < 1.29 is 27.8 Å². The van der Waals surface area contributed by atoms with Crippen molar-refractivity contribution in [1.29, 1.82) is 0 Å². The summed E-state index contributed by atoms with van der Waals surface area (Å²) in [6.45, 7) is 0.295. The van der Waals surface area contributed by atoms with Crippen LogP contribution in [0.1, 0.15) is 15.9 Å². The summed E-state index contributed by atoms with van der Waals surface area (Å²) in [5.41, 5.74) is 0.959. The van der Waals surface area contributed by atoms with Crippen molar-refractivity contribution in [1.82, 2.24) is 14.8 Å². The third-order valence-electron chi connectivity index (χ3n) is 4.67. The van der Waals surface area contributed by atoms with Gasteiger partial charge >= 0.3 is 12.3 Å². The summed E-state index contributed by atoms with van der Waals surface area (Å²) in [6.07, 6.45) is -4.42. The maximum atomic E-state index is 13.1. The lowest BCUT2D eigenvalue weighted by molar-refractivity contribution is -0.212. The first-order valence-corrected chi connectivity index (χ1v) is 10.4. The molecule has 4 aromatic rings. The van der Waals surface area contributed by atoms with Crippen LogP contribution in [-0.4, -0.2) is 25.8 Å². The van der Waals surface area contributed by atoms with Gasteiger partial charge in [-0.05, 0) is 42.0 Å². The lowest BCUT2D eigenvalue weighted by Crippen LogP contribution is -2.17. The van der Waals surface area contributed by atoms with Crippen molar-refractivity contribution in [3.05, 3.63) is 88.5 Å². The van der Waals surface area contributed by atoms with Crippen LogP contribution in [0.3, 0.4) is 0 Å². The molecule has 0 saturated heterocycles. The number of aromatic nitrogens is 3. The normalized spacial score (nSPS) is 11.4. The highest BCUT2D eigenvalue weighted by atomic mass is 79.9. The number of pyridine rings is 1. The number of para-hydroxylation sites is 1. The fourth-order valence-electron chi connectivity index (χ4n) is 3.11. The Morgan fingerprint density at radius 2 is 1.70 bits per heavy atom. The van der Waals surface area contributed by atoms with E-state index in [0.717, 1.165) is 10.0 Å². The Morgan fingerprint density at radius 3 is 2.39 bits per heavy atom. The fourth-order valence-corrected chi connectivity index (χ4v) is 3.38. The molecular weight excluding hydrogens is 503 g/mol. The van der Waals surface area contributed by atoms with E-state index >= 15 is 0 Å². The van der Waals surface area contributed by atoms with E-state index in [9.17, 15) is 23.1 Å². The molecule has 168 valence electrons. The minimum absolute atomic E-state index is 0.00406. The number of benzene rings is 2. The van der Waals surface area contributed by atoms with E-state index < -0.39 is 17.8 Å². The van der Waals surface area contributed by atoms with Crippen LogP contribution in [0, 0.1) is 0 Å². The van der Waals surface area contributed by atoms with E-state index in [4.69, 9.17) is 4.74 Å². The average molecular weight is 518 g/mol. The number of aromatic carboxylic acids is 1. The minimum atomic E-state index is -4.85. The summed E-state index contributed by atoms with van der Waals surface area (Å²) in [4.78, 5) is 15.9. The zero-order valence-corrected chi connectivity index (χ0v) is 18.3. The van der Waals surface area contributed by atoms with Crippen molar-refractivity contribution >= 4 is 21.9 Å². The van der Waals surface area contributed by atoms with Gasteiger partial charge in [0.2, 0.25) is 0 Å². The quantitative estimate of drug-likeness (QED) is 0.333. The number of alkyl halides is 3. The van der Waals surface area contributed by atoms with Crippen molar-refractivity contribution in [2.24, 2.45) is 0 Å². The maximum Gasteiger partial charge on any atom is 0.504 e. The van der Waals surface area contributed by atoms with E-state index in [1.54, 1.807) is 36.4 Å². The highest BCUT2D eigenvalue weighted by molar-refractivity contribution is 9.10. The predicted molar refractivity (Wildman–Crippen MR) is 118 cm³/mol. The van der Waals surface area contributed by atoms with Crippen LogP contribution in [0.5, 0.6) is 5.75 Å². The lowest BCUT2D eigenvalue weighted by atomic mass is 10.1. The van der Waals surface area contributed by atoms with Gasteiger partial charge in [-0.1, -0.05) is 46.3 Å². The summed E-state index contributed by atoms with van der Waals surface area (Å²) in [5.74, 6) is -1.02. The molecule has 0 aliphatic rings. The summed E-state index contributed by atoms with van der Waals surface area (Å²) < 4.78 is 45.8. The molecule has 0 unspecified atom stereocenters. The second-order valence-electron chi connectivity index (χ2n) is 6.93. The maximum absolute atomic E-state index is 13.1. The first-order valence-electron chi connectivity index (χ1n) is 9.56. The van der Waals surface area contributed by atoms with Gasteiger partial charge in [0, 0.05) is 16.2 Å². The Labute approximate surface area is 194 Å². The highest BCUT2D eigenvalue weighted by Gasteiger charge is 2.34. The Balaban J connectivity index is 1.69. The van der Waals surface area contributed by atoms with Crippen molar-refractivity contribution in [2.45, 2.75) is 12.9 Å². The smallest absolute Gasteiger partial charge is 0.488 e. The molecule has 0 bridgehead atoms. The Bertz CT molecular complexity index is 1300. The lowest BCUT2D eigenvalue weighted by Gasteiger charge is -2.12. The van der Waals surface area contributed by atoms with Gasteiger partial charge in [0.1, 0.15) is 23.6 Å². The molecule has 0 spiro atoms. The van der Waals surface area contributed by atoms with Gasteiger partial charge < -0.3 is 9.84 Å². The van der Waals surface area contributed by atoms with E-state index in [1.165, 1.54) is 6.07 Å². The number of ether oxygens (including phenoxy) is 1. The number of rotatable bonds is 6. The van der Waals surface area contributed by atoms with Gasteiger partial charge in [-0.15, -0.1) is 13.2 Å². The number of carboxylic acid groups (broad SMARTS) is 1. The van der Waals surface area contributed by atoms with Crippen molar-refractivity contribution in [3.8, 4) is 28.4 Å². The number of nitrogens with zero attached hydrogens (tertiary/aromatic N) is 3. The first kappa shape index (κ1) is 22.5. The van der Waals surface area contributed by atoms with Crippen LogP contribution in [0.15, 0.2) is 77.4 Å². The first-order chi connectivity index (χ1) is 15.7. The highest BCUT2D eigenvalue weighted by Crippen LogP contribution is 2.32. The molecule has 33 heavy (non-hydrogen) atoms. The molecule has 0 radical (unpaired) electrons. The van der Waals surface area contributed by atoms with E-state index in [1.807, 2.05) is 24.3 Å². The topological polar surface area (TPSA) is 77.2 Å². The molecule has 1 N–H and O–H groups in total. The van der Waals surface area contributed by atoms with Crippen LogP contribution in [0.4, 0.5) is 13.2 Å². The van der Waals surface area contributed by atoms with Gasteiger partial charge in [0.05, 0.1) is 11.4 Å². The van der Waals surface area contributed by atoms with Gasteiger partial charge in [0.25, 0.3) is 0 Å². The van der Waals surface area contributed by atoms with Crippen LogP contribution >= 0.6 is 15.9 Å². The number of hydrogen-bond acceptors (Lipinski definition) is 4. The molecular formula is C23H15BrF3N3O3. The zero-order valence-electron chi connectivity index (χ0n) is 16.8. The SMILES string of the molecule is O=C(O)c1cn(C(F)(F)F)nc1-c1cccc(-c2ccccc2OCc2ccc(Br)cc2)n1. The molecule has 2 heterocycles.